The molecular weight excluding hydrogens is 445 g/mol. The van der Waals surface area contributed by atoms with Crippen LogP contribution in [-0.2, 0) is 6.42 Å². The number of carbonyl (C=O) groups is 1. The third-order valence-electron chi connectivity index (χ3n) is 2.58. The summed E-state index contributed by atoms with van der Waals surface area (Å²) >= 11 is 11.1. The first-order chi connectivity index (χ1) is 8.97. The van der Waals surface area contributed by atoms with Gasteiger partial charge in [0.15, 0.2) is 5.78 Å². The Balaban J connectivity index is 2.25. The van der Waals surface area contributed by atoms with Crippen molar-refractivity contribution in [3.63, 3.8) is 0 Å². The first-order valence-corrected chi connectivity index (χ1v) is 7.64. The van der Waals surface area contributed by atoms with Crippen molar-refractivity contribution >= 4 is 55.9 Å². The van der Waals surface area contributed by atoms with Gasteiger partial charge in [0.25, 0.3) is 0 Å². The van der Waals surface area contributed by atoms with Gasteiger partial charge in [-0.1, -0.05) is 33.6 Å². The molecule has 5 heteroatoms. The van der Waals surface area contributed by atoms with Crippen molar-refractivity contribution in [3.05, 3.63) is 66.4 Å². The maximum atomic E-state index is 13.3. The molecule has 0 heterocycles. The first kappa shape index (κ1) is 14.9. The van der Waals surface area contributed by atoms with Crippen molar-refractivity contribution in [1.82, 2.24) is 0 Å². The topological polar surface area (TPSA) is 17.1 Å². The Kier molecular flexibility index (Phi) is 4.97. The number of Topliss-reactive ketones (excluding diaryl/α,β-unsaturated/α-hetero) is 1. The number of halogens is 4. The number of hydrogen-bond donors (Lipinski definition) is 0. The van der Waals surface area contributed by atoms with E-state index in [1.807, 2.05) is 12.1 Å². The zero-order valence-electron chi connectivity index (χ0n) is 9.59. The number of hydrogen-bond acceptors (Lipinski definition) is 1. The summed E-state index contributed by atoms with van der Waals surface area (Å²) in [7, 11) is 0. The summed E-state index contributed by atoms with van der Waals surface area (Å²) in [6.45, 7) is 0. The molecule has 0 atom stereocenters. The molecule has 0 unspecified atom stereocenters. The normalized spacial score (nSPS) is 10.5. The summed E-state index contributed by atoms with van der Waals surface area (Å²) in [5.41, 5.74) is 1.24. The summed E-state index contributed by atoms with van der Waals surface area (Å²) in [4.78, 5) is 12.2. The zero-order valence-corrected chi connectivity index (χ0v) is 14.1. The maximum absolute atomic E-state index is 13.3. The third kappa shape index (κ3) is 3.77. The predicted octanol–water partition coefficient (Wildman–Crippen LogP) is 5.27. The second-order valence-corrected chi connectivity index (χ2v) is 6.46. The molecule has 0 saturated heterocycles. The van der Waals surface area contributed by atoms with E-state index in [0.29, 0.717) is 11.1 Å². The highest BCUT2D eigenvalue weighted by atomic mass is 127. The van der Waals surface area contributed by atoms with Gasteiger partial charge in [0.2, 0.25) is 0 Å². The summed E-state index contributed by atoms with van der Waals surface area (Å²) in [5, 5.41) is 0.0632. The second-order valence-electron chi connectivity index (χ2n) is 3.97. The average Bonchev–Trinajstić information content (AvgIpc) is 2.36. The van der Waals surface area contributed by atoms with Crippen LogP contribution in [-0.4, -0.2) is 5.78 Å². The third-order valence-corrected chi connectivity index (χ3v) is 4.32. The van der Waals surface area contributed by atoms with Crippen LogP contribution in [0.3, 0.4) is 0 Å². The van der Waals surface area contributed by atoms with Gasteiger partial charge < -0.3 is 0 Å². The second kappa shape index (κ2) is 6.33. The van der Waals surface area contributed by atoms with Crippen LogP contribution in [0.2, 0.25) is 5.02 Å². The van der Waals surface area contributed by atoms with E-state index in [1.165, 1.54) is 12.1 Å². The number of carbonyl (C=O) groups excluding carboxylic acids is 1. The quantitative estimate of drug-likeness (QED) is 0.457. The largest absolute Gasteiger partial charge is 0.294 e. The van der Waals surface area contributed by atoms with Crippen LogP contribution in [0.4, 0.5) is 4.39 Å². The van der Waals surface area contributed by atoms with Gasteiger partial charge in [-0.05, 0) is 58.5 Å². The Hall–Kier alpha value is -0.460. The van der Waals surface area contributed by atoms with E-state index in [1.54, 1.807) is 12.1 Å². The van der Waals surface area contributed by atoms with Crippen LogP contribution < -0.4 is 0 Å². The van der Waals surface area contributed by atoms with Gasteiger partial charge in [0.05, 0.1) is 5.02 Å². The summed E-state index contributed by atoms with van der Waals surface area (Å²) < 4.78 is 15.0. The highest BCUT2D eigenvalue weighted by Gasteiger charge is 2.12. The van der Waals surface area contributed by atoms with Crippen LogP contribution in [0, 0.1) is 9.39 Å². The fraction of sp³-hybridized carbons (Fsp3) is 0.0714. The molecule has 2 rings (SSSR count). The molecule has 0 aromatic heterocycles. The lowest BCUT2D eigenvalue weighted by Gasteiger charge is -2.05. The molecule has 0 spiro atoms. The van der Waals surface area contributed by atoms with E-state index < -0.39 is 5.82 Å². The van der Waals surface area contributed by atoms with Crippen LogP contribution in [0.1, 0.15) is 15.9 Å². The number of rotatable bonds is 3. The van der Waals surface area contributed by atoms with E-state index in [-0.39, 0.29) is 17.2 Å². The molecule has 2 aromatic carbocycles. The highest BCUT2D eigenvalue weighted by molar-refractivity contribution is 14.1. The Morgan fingerprint density at radius 3 is 2.68 bits per heavy atom. The highest BCUT2D eigenvalue weighted by Crippen LogP contribution is 2.21. The summed E-state index contributed by atoms with van der Waals surface area (Å²) in [6.07, 6.45) is 0.153. The standard InChI is InChI=1S/C14H8BrClFIO/c15-9-2-4-13(18)10(7-9)14(19)6-8-1-3-11(16)12(17)5-8/h1-5,7H,6H2. The number of benzene rings is 2. The lowest BCUT2D eigenvalue weighted by atomic mass is 10.0. The van der Waals surface area contributed by atoms with Crippen molar-refractivity contribution in [1.29, 1.82) is 0 Å². The van der Waals surface area contributed by atoms with E-state index in [4.69, 9.17) is 11.6 Å². The Bertz CT molecular complexity index is 645. The monoisotopic (exact) mass is 452 g/mol. The van der Waals surface area contributed by atoms with Crippen molar-refractivity contribution in [3.8, 4) is 0 Å². The maximum Gasteiger partial charge on any atom is 0.168 e. The first-order valence-electron chi connectivity index (χ1n) is 5.39. The molecule has 0 amide bonds. The van der Waals surface area contributed by atoms with E-state index >= 15 is 0 Å². The minimum atomic E-state index is -0.504. The van der Waals surface area contributed by atoms with Gasteiger partial charge in [0.1, 0.15) is 5.82 Å². The van der Waals surface area contributed by atoms with Crippen LogP contribution in [0.15, 0.2) is 40.9 Å². The van der Waals surface area contributed by atoms with E-state index in [2.05, 4.69) is 38.5 Å². The molecule has 0 bridgehead atoms. The molecule has 0 aliphatic carbocycles. The van der Waals surface area contributed by atoms with Crippen LogP contribution >= 0.6 is 50.1 Å². The Labute approximate surface area is 137 Å². The minimum absolute atomic E-state index is 0.0487. The fourth-order valence-corrected chi connectivity index (χ4v) is 2.76. The average molecular weight is 453 g/mol. The lowest BCUT2D eigenvalue weighted by Crippen LogP contribution is -2.06. The van der Waals surface area contributed by atoms with Crippen molar-refractivity contribution in [2.75, 3.05) is 0 Å². The molecule has 0 aliphatic heterocycles. The van der Waals surface area contributed by atoms with Crippen molar-refractivity contribution in [2.45, 2.75) is 6.42 Å². The smallest absolute Gasteiger partial charge is 0.168 e. The predicted molar refractivity (Wildman–Crippen MR) is 86.3 cm³/mol. The van der Waals surface area contributed by atoms with Crippen LogP contribution in [0.25, 0.3) is 0 Å². The van der Waals surface area contributed by atoms with Gasteiger partial charge in [-0.3, -0.25) is 4.79 Å². The van der Waals surface area contributed by atoms with Crippen molar-refractivity contribution < 1.29 is 9.18 Å². The van der Waals surface area contributed by atoms with Gasteiger partial charge >= 0.3 is 0 Å². The molecule has 0 fully saturated rings. The molecule has 0 aliphatic rings. The van der Waals surface area contributed by atoms with E-state index in [0.717, 1.165) is 8.04 Å². The fourth-order valence-electron chi connectivity index (χ4n) is 1.64. The minimum Gasteiger partial charge on any atom is -0.294 e. The van der Waals surface area contributed by atoms with E-state index in [9.17, 15) is 9.18 Å². The Morgan fingerprint density at radius 1 is 1.26 bits per heavy atom. The molecule has 2 aromatic rings. The molecule has 19 heavy (non-hydrogen) atoms. The summed E-state index contributed by atoms with van der Waals surface area (Å²) in [6, 6.07) is 9.93. The molecule has 0 saturated carbocycles. The van der Waals surface area contributed by atoms with Gasteiger partial charge in [0, 0.05) is 20.0 Å². The SMILES string of the molecule is O=C(Cc1ccc(Cl)c(F)c1)c1cc(Br)ccc1I. The lowest BCUT2D eigenvalue weighted by molar-refractivity contribution is 0.0992. The van der Waals surface area contributed by atoms with Gasteiger partial charge in [-0.2, -0.15) is 0 Å². The molecule has 0 N–H and O–H groups in total. The molecule has 0 radical (unpaired) electrons. The van der Waals surface area contributed by atoms with Gasteiger partial charge in [-0.25, -0.2) is 4.39 Å². The molecular formula is C14H8BrClFIO. The Morgan fingerprint density at radius 2 is 2.00 bits per heavy atom. The summed E-state index contributed by atoms with van der Waals surface area (Å²) in [5.74, 6) is -0.552. The molecule has 98 valence electrons. The van der Waals surface area contributed by atoms with Crippen molar-refractivity contribution in [2.24, 2.45) is 0 Å². The molecule has 1 nitrogen and oxygen atoms in total. The zero-order chi connectivity index (χ0) is 14.0. The van der Waals surface area contributed by atoms with Gasteiger partial charge in [-0.15, -0.1) is 0 Å². The van der Waals surface area contributed by atoms with Crippen LogP contribution in [0.5, 0.6) is 0 Å². The number of ketones is 1.